The molecule has 1 aromatic carbocycles. The molecule has 1 heterocycles. The van der Waals surface area contributed by atoms with Crippen LogP contribution in [0, 0.1) is 20.8 Å². The Balaban J connectivity index is 2.34. The fourth-order valence-corrected chi connectivity index (χ4v) is 2.63. The third-order valence-electron chi connectivity index (χ3n) is 3.18. The monoisotopic (exact) mass is 332 g/mol. The molecule has 2 N–H and O–H groups in total. The van der Waals surface area contributed by atoms with Crippen LogP contribution in [0.4, 0.5) is 11.6 Å². The second kappa shape index (κ2) is 6.96. The Morgan fingerprint density at radius 2 is 1.83 bits per heavy atom. The van der Waals surface area contributed by atoms with Crippen molar-refractivity contribution < 1.29 is 4.79 Å². The predicted molar refractivity (Wildman–Crippen MR) is 93.6 cm³/mol. The van der Waals surface area contributed by atoms with Gasteiger partial charge in [-0.2, -0.15) is 0 Å². The zero-order valence-electron chi connectivity index (χ0n) is 14.0. The number of benzene rings is 1. The molecular weight excluding hydrogens is 312 g/mol. The Bertz CT molecular complexity index is 720. The van der Waals surface area contributed by atoms with E-state index in [1.54, 1.807) is 6.07 Å². The van der Waals surface area contributed by atoms with Crippen molar-refractivity contribution in [1.29, 1.82) is 0 Å². The molecule has 2 rings (SSSR count). The molecule has 0 radical (unpaired) electrons. The van der Waals surface area contributed by atoms with E-state index in [9.17, 15) is 4.79 Å². The summed E-state index contributed by atoms with van der Waals surface area (Å²) in [6.45, 7) is 9.58. The van der Waals surface area contributed by atoms with Gasteiger partial charge < -0.3 is 10.6 Å². The van der Waals surface area contributed by atoms with Gasteiger partial charge in [-0.3, -0.25) is 4.79 Å². The van der Waals surface area contributed by atoms with E-state index < -0.39 is 0 Å². The van der Waals surface area contributed by atoms with Gasteiger partial charge in [-0.1, -0.05) is 17.7 Å². The quantitative estimate of drug-likeness (QED) is 0.890. The highest BCUT2D eigenvalue weighted by Gasteiger charge is 2.13. The van der Waals surface area contributed by atoms with Crippen molar-refractivity contribution in [2.24, 2.45) is 0 Å². The molecule has 0 saturated heterocycles. The number of nitrogens with one attached hydrogen (secondary N) is 2. The van der Waals surface area contributed by atoms with Gasteiger partial charge >= 0.3 is 0 Å². The van der Waals surface area contributed by atoms with E-state index in [-0.39, 0.29) is 11.9 Å². The van der Waals surface area contributed by atoms with Crippen molar-refractivity contribution in [1.82, 2.24) is 15.3 Å². The third kappa shape index (κ3) is 4.42. The topological polar surface area (TPSA) is 66.9 Å². The molecule has 0 bridgehead atoms. The van der Waals surface area contributed by atoms with Crippen LogP contribution in [0.15, 0.2) is 18.2 Å². The summed E-state index contributed by atoms with van der Waals surface area (Å²) >= 11 is 6.30. The average molecular weight is 333 g/mol. The van der Waals surface area contributed by atoms with Crippen LogP contribution in [-0.2, 0) is 0 Å². The lowest BCUT2D eigenvalue weighted by Crippen LogP contribution is -2.31. The maximum Gasteiger partial charge on any atom is 0.270 e. The zero-order valence-corrected chi connectivity index (χ0v) is 14.7. The van der Waals surface area contributed by atoms with Gasteiger partial charge in [0.25, 0.3) is 5.91 Å². The summed E-state index contributed by atoms with van der Waals surface area (Å²) in [4.78, 5) is 20.8. The maximum absolute atomic E-state index is 12.1. The minimum atomic E-state index is -0.222. The highest BCUT2D eigenvalue weighted by molar-refractivity contribution is 6.33. The molecule has 0 aliphatic heterocycles. The van der Waals surface area contributed by atoms with Crippen LogP contribution in [0.2, 0.25) is 5.02 Å². The van der Waals surface area contributed by atoms with Crippen molar-refractivity contribution in [2.45, 2.75) is 40.7 Å². The van der Waals surface area contributed by atoms with Crippen LogP contribution in [0.5, 0.6) is 0 Å². The molecule has 6 heteroatoms. The zero-order chi connectivity index (χ0) is 17.1. The molecule has 5 nitrogen and oxygen atoms in total. The highest BCUT2D eigenvalue weighted by atomic mass is 35.5. The summed E-state index contributed by atoms with van der Waals surface area (Å²) in [5.74, 6) is 0.132. The Labute approximate surface area is 141 Å². The molecule has 23 heavy (non-hydrogen) atoms. The number of carbonyl (C=O) groups is 1. The van der Waals surface area contributed by atoms with E-state index in [0.29, 0.717) is 22.4 Å². The lowest BCUT2D eigenvalue weighted by atomic mass is 10.1. The van der Waals surface area contributed by atoms with E-state index >= 15 is 0 Å². The number of carbonyl (C=O) groups excluding carboxylic acids is 1. The van der Waals surface area contributed by atoms with Crippen LogP contribution in [-0.4, -0.2) is 21.9 Å². The van der Waals surface area contributed by atoms with E-state index in [4.69, 9.17) is 11.6 Å². The summed E-state index contributed by atoms with van der Waals surface area (Å²) in [5.41, 5.74) is 3.86. The van der Waals surface area contributed by atoms with E-state index in [1.807, 2.05) is 46.8 Å². The maximum atomic E-state index is 12.1. The van der Waals surface area contributed by atoms with Gasteiger partial charge in [0.1, 0.15) is 5.69 Å². The lowest BCUT2D eigenvalue weighted by Gasteiger charge is -2.13. The number of halogens is 1. The summed E-state index contributed by atoms with van der Waals surface area (Å²) in [6, 6.07) is 5.60. The number of rotatable bonds is 4. The van der Waals surface area contributed by atoms with Crippen LogP contribution in [0.25, 0.3) is 0 Å². The SMILES string of the molecule is Cc1cc(C)c(Nc2nc(C)cc(C(=O)NC(C)C)n2)c(Cl)c1. The van der Waals surface area contributed by atoms with Gasteiger partial charge in [0.2, 0.25) is 5.95 Å². The van der Waals surface area contributed by atoms with Gasteiger partial charge in [0.15, 0.2) is 0 Å². The summed E-state index contributed by atoms with van der Waals surface area (Å²) in [6.07, 6.45) is 0. The minimum absolute atomic E-state index is 0.0444. The minimum Gasteiger partial charge on any atom is -0.349 e. The molecule has 0 aliphatic rings. The molecule has 0 unspecified atom stereocenters. The molecule has 0 atom stereocenters. The van der Waals surface area contributed by atoms with E-state index in [2.05, 4.69) is 20.6 Å². The van der Waals surface area contributed by atoms with Gasteiger partial charge in [0.05, 0.1) is 10.7 Å². The molecule has 0 fully saturated rings. The van der Waals surface area contributed by atoms with Gasteiger partial charge in [-0.05, 0) is 57.9 Å². The Morgan fingerprint density at radius 3 is 2.43 bits per heavy atom. The fraction of sp³-hybridized carbons (Fsp3) is 0.353. The second-order valence-electron chi connectivity index (χ2n) is 5.91. The molecule has 1 aromatic heterocycles. The molecular formula is C17H21ClN4O. The fourth-order valence-electron chi connectivity index (χ4n) is 2.26. The molecule has 122 valence electrons. The first-order valence-corrected chi connectivity index (χ1v) is 7.84. The number of aromatic nitrogens is 2. The normalized spacial score (nSPS) is 10.7. The van der Waals surface area contributed by atoms with Crippen molar-refractivity contribution in [3.05, 3.63) is 45.7 Å². The van der Waals surface area contributed by atoms with Crippen molar-refractivity contribution >= 4 is 29.1 Å². The summed E-state index contributed by atoms with van der Waals surface area (Å²) in [7, 11) is 0. The van der Waals surface area contributed by atoms with E-state index in [1.165, 1.54) is 0 Å². The summed E-state index contributed by atoms with van der Waals surface area (Å²) < 4.78 is 0. The Hall–Kier alpha value is -2.14. The van der Waals surface area contributed by atoms with Gasteiger partial charge in [0, 0.05) is 11.7 Å². The van der Waals surface area contributed by atoms with Crippen molar-refractivity contribution in [3.8, 4) is 0 Å². The van der Waals surface area contributed by atoms with Crippen LogP contribution in [0.3, 0.4) is 0 Å². The molecule has 1 amide bonds. The first-order valence-electron chi connectivity index (χ1n) is 7.46. The second-order valence-corrected chi connectivity index (χ2v) is 6.32. The number of hydrogen-bond donors (Lipinski definition) is 2. The number of anilines is 2. The van der Waals surface area contributed by atoms with Gasteiger partial charge in [-0.25, -0.2) is 9.97 Å². The smallest absolute Gasteiger partial charge is 0.270 e. The van der Waals surface area contributed by atoms with E-state index in [0.717, 1.165) is 16.8 Å². The highest BCUT2D eigenvalue weighted by Crippen LogP contribution is 2.29. The molecule has 0 saturated carbocycles. The molecule has 0 spiro atoms. The van der Waals surface area contributed by atoms with Crippen molar-refractivity contribution in [3.63, 3.8) is 0 Å². The average Bonchev–Trinajstić information content (AvgIpc) is 2.41. The standard InChI is InChI=1S/C17H21ClN4O/c1-9(2)19-16(23)14-8-12(5)20-17(21-14)22-15-11(4)6-10(3)7-13(15)18/h6-9H,1-5H3,(H,19,23)(H,20,21,22). The predicted octanol–water partition coefficient (Wildman–Crippen LogP) is 3.94. The number of amides is 1. The van der Waals surface area contributed by atoms with Crippen LogP contribution in [0.1, 0.15) is 41.2 Å². The number of aryl methyl sites for hydroxylation is 3. The van der Waals surface area contributed by atoms with Crippen LogP contribution >= 0.6 is 11.6 Å². The Morgan fingerprint density at radius 1 is 1.13 bits per heavy atom. The number of nitrogens with zero attached hydrogens (tertiary/aromatic N) is 2. The number of hydrogen-bond acceptors (Lipinski definition) is 4. The lowest BCUT2D eigenvalue weighted by molar-refractivity contribution is 0.0938. The summed E-state index contributed by atoms with van der Waals surface area (Å²) in [5, 5.41) is 6.55. The first-order chi connectivity index (χ1) is 10.8. The van der Waals surface area contributed by atoms with Crippen molar-refractivity contribution in [2.75, 3.05) is 5.32 Å². The van der Waals surface area contributed by atoms with Gasteiger partial charge in [-0.15, -0.1) is 0 Å². The Kier molecular flexibility index (Phi) is 5.21. The molecule has 0 aliphatic carbocycles. The first kappa shape index (κ1) is 17.2. The largest absolute Gasteiger partial charge is 0.349 e. The van der Waals surface area contributed by atoms with Crippen LogP contribution < -0.4 is 10.6 Å². The third-order valence-corrected chi connectivity index (χ3v) is 3.47. The molecule has 2 aromatic rings.